The maximum atomic E-state index is 11.7. The standard InChI is InChI=1S/C19H26N2O3/c1-14(10-11-17(20)15-8-6-5-7-9-15)12-16(13-22)21-18(23)24-19(2,3)4/h5-11,13,16H,12,20H2,1-4H3,(H,21,23)/b14-10+,17-11-. The van der Waals surface area contributed by atoms with Gasteiger partial charge in [-0.25, -0.2) is 4.79 Å². The zero-order valence-corrected chi connectivity index (χ0v) is 14.7. The minimum atomic E-state index is -0.637. The molecule has 1 aromatic rings. The van der Waals surface area contributed by atoms with Crippen molar-refractivity contribution in [3.05, 3.63) is 53.6 Å². The van der Waals surface area contributed by atoms with E-state index in [0.29, 0.717) is 18.4 Å². The van der Waals surface area contributed by atoms with Crippen LogP contribution in [0.2, 0.25) is 0 Å². The van der Waals surface area contributed by atoms with E-state index in [4.69, 9.17) is 10.5 Å². The number of nitrogens with two attached hydrogens (primary N) is 1. The van der Waals surface area contributed by atoms with Gasteiger partial charge in [-0.1, -0.05) is 42.0 Å². The Bertz CT molecular complexity index is 613. The maximum Gasteiger partial charge on any atom is 0.408 e. The summed E-state index contributed by atoms with van der Waals surface area (Å²) in [4.78, 5) is 22.9. The predicted molar refractivity (Wildman–Crippen MR) is 96.2 cm³/mol. The fraction of sp³-hybridized carbons (Fsp3) is 0.368. The van der Waals surface area contributed by atoms with Gasteiger partial charge in [0.2, 0.25) is 0 Å². The average Bonchev–Trinajstić information content (AvgIpc) is 2.51. The molecule has 0 radical (unpaired) electrons. The van der Waals surface area contributed by atoms with Crippen molar-refractivity contribution < 1.29 is 14.3 Å². The molecule has 5 nitrogen and oxygen atoms in total. The number of amides is 1. The second kappa shape index (κ2) is 8.91. The molecule has 1 atom stereocenters. The number of nitrogens with one attached hydrogen (secondary N) is 1. The number of alkyl carbamates (subject to hydrolysis) is 1. The molecule has 1 rings (SSSR count). The molecule has 3 N–H and O–H groups in total. The average molecular weight is 330 g/mol. The molecule has 0 aliphatic carbocycles. The summed E-state index contributed by atoms with van der Waals surface area (Å²) in [6, 6.07) is 8.97. The third-order valence-electron chi connectivity index (χ3n) is 3.06. The topological polar surface area (TPSA) is 81.4 Å². The van der Waals surface area contributed by atoms with Crippen LogP contribution in [0.3, 0.4) is 0 Å². The first-order valence-corrected chi connectivity index (χ1v) is 7.84. The van der Waals surface area contributed by atoms with Crippen LogP contribution in [0.4, 0.5) is 4.79 Å². The summed E-state index contributed by atoms with van der Waals surface area (Å²) in [6.45, 7) is 7.18. The summed E-state index contributed by atoms with van der Waals surface area (Å²) in [6.07, 6.45) is 4.12. The van der Waals surface area contributed by atoms with Crippen molar-refractivity contribution in [3.63, 3.8) is 0 Å². The zero-order valence-electron chi connectivity index (χ0n) is 14.7. The maximum absolute atomic E-state index is 11.7. The van der Waals surface area contributed by atoms with Crippen molar-refractivity contribution in [1.29, 1.82) is 0 Å². The van der Waals surface area contributed by atoms with E-state index in [9.17, 15) is 9.59 Å². The van der Waals surface area contributed by atoms with Crippen molar-refractivity contribution in [2.75, 3.05) is 0 Å². The van der Waals surface area contributed by atoms with Crippen LogP contribution in [0.25, 0.3) is 5.70 Å². The lowest BCUT2D eigenvalue weighted by molar-refractivity contribution is -0.109. The van der Waals surface area contributed by atoms with Crippen LogP contribution in [0, 0.1) is 0 Å². The van der Waals surface area contributed by atoms with Gasteiger partial charge in [-0.15, -0.1) is 0 Å². The first-order valence-electron chi connectivity index (χ1n) is 7.84. The molecule has 0 spiro atoms. The summed E-state index contributed by atoms with van der Waals surface area (Å²) >= 11 is 0. The number of ether oxygens (including phenoxy) is 1. The highest BCUT2D eigenvalue weighted by Crippen LogP contribution is 2.11. The molecule has 0 aliphatic rings. The number of carbonyl (C=O) groups is 2. The number of benzene rings is 1. The Labute approximate surface area is 143 Å². The number of carbonyl (C=O) groups excluding carboxylic acids is 2. The van der Waals surface area contributed by atoms with Crippen LogP contribution in [0.1, 0.15) is 39.7 Å². The third-order valence-corrected chi connectivity index (χ3v) is 3.06. The molecule has 1 unspecified atom stereocenters. The van der Waals surface area contributed by atoms with Gasteiger partial charge in [0, 0.05) is 5.70 Å². The molecule has 0 saturated carbocycles. The highest BCUT2D eigenvalue weighted by Gasteiger charge is 2.19. The molecule has 0 fully saturated rings. The highest BCUT2D eigenvalue weighted by atomic mass is 16.6. The molecule has 0 saturated heterocycles. The predicted octanol–water partition coefficient (Wildman–Crippen LogP) is 3.41. The highest BCUT2D eigenvalue weighted by molar-refractivity contribution is 5.73. The molecular formula is C19H26N2O3. The summed E-state index contributed by atoms with van der Waals surface area (Å²) in [5.41, 5.74) is 7.90. The Morgan fingerprint density at radius 3 is 2.42 bits per heavy atom. The van der Waals surface area contributed by atoms with Crippen molar-refractivity contribution in [2.24, 2.45) is 5.73 Å². The van der Waals surface area contributed by atoms with Gasteiger partial charge in [-0.3, -0.25) is 0 Å². The molecule has 0 aliphatic heterocycles. The first-order chi connectivity index (χ1) is 11.2. The van der Waals surface area contributed by atoms with E-state index in [0.717, 1.165) is 11.1 Å². The Kier molecular flexibility index (Phi) is 7.24. The molecule has 1 amide bonds. The van der Waals surface area contributed by atoms with Crippen molar-refractivity contribution in [3.8, 4) is 0 Å². The quantitative estimate of drug-likeness (QED) is 0.618. The molecular weight excluding hydrogens is 304 g/mol. The molecule has 5 heteroatoms. The fourth-order valence-corrected chi connectivity index (χ4v) is 1.97. The van der Waals surface area contributed by atoms with Crippen molar-refractivity contribution in [1.82, 2.24) is 5.32 Å². The molecule has 24 heavy (non-hydrogen) atoms. The minimum Gasteiger partial charge on any atom is -0.444 e. The number of rotatable bonds is 6. The lowest BCUT2D eigenvalue weighted by Gasteiger charge is -2.21. The van der Waals surface area contributed by atoms with Gasteiger partial charge in [0.05, 0.1) is 6.04 Å². The summed E-state index contributed by atoms with van der Waals surface area (Å²) < 4.78 is 5.15. The third kappa shape index (κ3) is 7.63. The second-order valence-corrected chi connectivity index (χ2v) is 6.59. The van der Waals surface area contributed by atoms with Gasteiger partial charge in [0.1, 0.15) is 11.9 Å². The van der Waals surface area contributed by atoms with Crippen LogP contribution in [0.15, 0.2) is 48.1 Å². The lowest BCUT2D eigenvalue weighted by Crippen LogP contribution is -2.40. The van der Waals surface area contributed by atoms with Gasteiger partial charge in [-0.2, -0.15) is 0 Å². The smallest absolute Gasteiger partial charge is 0.408 e. The van der Waals surface area contributed by atoms with Gasteiger partial charge < -0.3 is 20.6 Å². The molecule has 0 aromatic heterocycles. The van der Waals surface area contributed by atoms with E-state index >= 15 is 0 Å². The number of hydrogen-bond acceptors (Lipinski definition) is 4. The Morgan fingerprint density at radius 2 is 1.88 bits per heavy atom. The van der Waals surface area contributed by atoms with Gasteiger partial charge in [0.25, 0.3) is 0 Å². The monoisotopic (exact) mass is 330 g/mol. The Morgan fingerprint density at radius 1 is 1.25 bits per heavy atom. The van der Waals surface area contributed by atoms with Gasteiger partial charge in [-0.05, 0) is 45.8 Å². The van der Waals surface area contributed by atoms with E-state index in [-0.39, 0.29) is 0 Å². The molecule has 0 bridgehead atoms. The number of aldehydes is 1. The van der Waals surface area contributed by atoms with Gasteiger partial charge in [0.15, 0.2) is 0 Å². The number of allylic oxidation sites excluding steroid dienone is 2. The summed E-state index contributed by atoms with van der Waals surface area (Å²) in [5.74, 6) is 0. The van der Waals surface area contributed by atoms with E-state index in [2.05, 4.69) is 5.32 Å². The van der Waals surface area contributed by atoms with Crippen LogP contribution in [-0.2, 0) is 9.53 Å². The van der Waals surface area contributed by atoms with Gasteiger partial charge >= 0.3 is 6.09 Å². The van der Waals surface area contributed by atoms with Crippen molar-refractivity contribution in [2.45, 2.75) is 45.8 Å². The fourth-order valence-electron chi connectivity index (χ4n) is 1.97. The minimum absolute atomic E-state index is 0.390. The van der Waals surface area contributed by atoms with Crippen molar-refractivity contribution >= 4 is 18.1 Å². The largest absolute Gasteiger partial charge is 0.444 e. The van der Waals surface area contributed by atoms with E-state index in [1.165, 1.54) is 0 Å². The van der Waals surface area contributed by atoms with Crippen LogP contribution in [0.5, 0.6) is 0 Å². The molecule has 130 valence electrons. The SMILES string of the molecule is C/C(=C\C=C(/N)c1ccccc1)CC(C=O)NC(=O)OC(C)(C)C. The normalized spacial score (nSPS) is 14.0. The second-order valence-electron chi connectivity index (χ2n) is 6.59. The Hall–Kier alpha value is -2.56. The summed E-state index contributed by atoms with van der Waals surface area (Å²) in [5, 5.41) is 2.55. The Balaban J connectivity index is 2.65. The van der Waals surface area contributed by atoms with Crippen LogP contribution < -0.4 is 11.1 Å². The number of hydrogen-bond donors (Lipinski definition) is 2. The van der Waals surface area contributed by atoms with E-state index < -0.39 is 17.7 Å². The molecule has 1 aromatic carbocycles. The lowest BCUT2D eigenvalue weighted by atomic mass is 10.1. The van der Waals surface area contributed by atoms with Crippen LogP contribution >= 0.6 is 0 Å². The van der Waals surface area contributed by atoms with Crippen LogP contribution in [-0.4, -0.2) is 24.0 Å². The van der Waals surface area contributed by atoms with E-state index in [1.54, 1.807) is 26.8 Å². The molecule has 0 heterocycles. The zero-order chi connectivity index (χ0) is 18.2. The first kappa shape index (κ1) is 19.5. The summed E-state index contributed by atoms with van der Waals surface area (Å²) in [7, 11) is 0. The van der Waals surface area contributed by atoms with E-state index in [1.807, 2.05) is 43.3 Å².